The number of hydrogen-bond donors (Lipinski definition) is 1. The topological polar surface area (TPSA) is 20.2 Å². The average molecular weight is 282 g/mol. The van der Waals surface area contributed by atoms with Gasteiger partial charge in [0, 0.05) is 25.3 Å². The van der Waals surface area contributed by atoms with Crippen LogP contribution in [0.4, 0.5) is 0 Å². The van der Waals surface area contributed by atoms with Crippen molar-refractivity contribution in [1.29, 1.82) is 0 Å². The Morgan fingerprint density at radius 1 is 1.24 bits per heavy atom. The fraction of sp³-hybridized carbons (Fsp3) is 0.385. The first-order chi connectivity index (χ1) is 8.24. The number of aryl methyl sites for hydroxylation is 2. The Morgan fingerprint density at radius 2 is 2.12 bits per heavy atom. The van der Waals surface area contributed by atoms with Gasteiger partial charge in [-0.1, -0.05) is 0 Å². The molecule has 2 aromatic heterocycles. The van der Waals surface area contributed by atoms with Crippen molar-refractivity contribution >= 4 is 34.4 Å². The molecule has 2 aromatic rings. The van der Waals surface area contributed by atoms with Gasteiger partial charge in [0.15, 0.2) is 0 Å². The molecule has 0 bridgehead atoms. The van der Waals surface area contributed by atoms with Gasteiger partial charge in [0.25, 0.3) is 0 Å². The first kappa shape index (κ1) is 11.8. The van der Waals surface area contributed by atoms with Crippen LogP contribution in [0.5, 0.6) is 0 Å². The Hall–Kier alpha value is -0.290. The van der Waals surface area contributed by atoms with Gasteiger partial charge >= 0.3 is 0 Å². The lowest BCUT2D eigenvalue weighted by atomic mass is 10.2. The van der Waals surface area contributed by atoms with Crippen molar-refractivity contribution in [2.45, 2.75) is 25.2 Å². The molecule has 17 heavy (non-hydrogen) atoms. The molecule has 0 spiro atoms. The molecular formula is C13H14OS3. The molecule has 4 heteroatoms. The number of aliphatic hydroxyl groups is 1. The SMILES string of the molecule is Cc1ccc(C(O)c2cc3c(s2)CCSC3)s1. The highest BCUT2D eigenvalue weighted by molar-refractivity contribution is 7.98. The lowest BCUT2D eigenvalue weighted by Crippen LogP contribution is -1.96. The normalized spacial score (nSPS) is 16.8. The highest BCUT2D eigenvalue weighted by Crippen LogP contribution is 2.37. The van der Waals surface area contributed by atoms with Crippen molar-refractivity contribution in [3.8, 4) is 0 Å². The maximum absolute atomic E-state index is 10.4. The number of aliphatic hydroxyl groups excluding tert-OH is 1. The Morgan fingerprint density at radius 3 is 2.82 bits per heavy atom. The largest absolute Gasteiger partial charge is 0.382 e. The summed E-state index contributed by atoms with van der Waals surface area (Å²) in [6.45, 7) is 2.08. The summed E-state index contributed by atoms with van der Waals surface area (Å²) in [6.07, 6.45) is 0.746. The Bertz CT molecular complexity index is 503. The minimum atomic E-state index is -0.422. The van der Waals surface area contributed by atoms with Crippen LogP contribution in [0.3, 0.4) is 0 Å². The van der Waals surface area contributed by atoms with Crippen molar-refractivity contribution in [1.82, 2.24) is 0 Å². The van der Waals surface area contributed by atoms with Crippen LogP contribution in [0.25, 0.3) is 0 Å². The van der Waals surface area contributed by atoms with E-state index < -0.39 is 6.10 Å². The minimum Gasteiger partial charge on any atom is -0.382 e. The summed E-state index contributed by atoms with van der Waals surface area (Å²) >= 11 is 5.47. The Balaban J connectivity index is 1.91. The number of hydrogen-bond acceptors (Lipinski definition) is 4. The summed E-state index contributed by atoms with van der Waals surface area (Å²) in [5.74, 6) is 2.34. The predicted octanol–water partition coefficient (Wildman–Crippen LogP) is 3.99. The summed E-state index contributed by atoms with van der Waals surface area (Å²) < 4.78 is 0. The van der Waals surface area contributed by atoms with E-state index in [0.717, 1.165) is 15.5 Å². The van der Waals surface area contributed by atoms with Crippen LogP contribution in [0.15, 0.2) is 18.2 Å². The zero-order valence-corrected chi connectivity index (χ0v) is 12.1. The molecule has 0 aliphatic carbocycles. The van der Waals surface area contributed by atoms with Crippen LogP contribution in [0, 0.1) is 6.92 Å². The molecule has 1 aliphatic rings. The molecule has 0 aromatic carbocycles. The molecule has 3 heterocycles. The zero-order chi connectivity index (χ0) is 11.8. The van der Waals surface area contributed by atoms with Gasteiger partial charge < -0.3 is 5.11 Å². The number of fused-ring (bicyclic) bond motifs is 1. The highest BCUT2D eigenvalue weighted by Gasteiger charge is 2.19. The lowest BCUT2D eigenvalue weighted by Gasteiger charge is -2.08. The predicted molar refractivity (Wildman–Crippen MR) is 77.3 cm³/mol. The van der Waals surface area contributed by atoms with E-state index in [2.05, 4.69) is 19.1 Å². The standard InChI is InChI=1S/C13H14OS3/c1-8-2-3-11(16-8)13(14)12-6-9-7-15-5-4-10(9)17-12/h2-3,6,13-14H,4-5,7H2,1H3. The Labute approximate surface area is 114 Å². The fourth-order valence-electron chi connectivity index (χ4n) is 2.05. The van der Waals surface area contributed by atoms with Gasteiger partial charge in [0.2, 0.25) is 0 Å². The number of thioether (sulfide) groups is 1. The van der Waals surface area contributed by atoms with Crippen molar-refractivity contribution in [2.24, 2.45) is 0 Å². The maximum atomic E-state index is 10.4. The van der Waals surface area contributed by atoms with Crippen LogP contribution in [0.1, 0.15) is 31.2 Å². The third-order valence-corrected chi connectivity index (χ3v) is 6.30. The van der Waals surface area contributed by atoms with Gasteiger partial charge in [0.1, 0.15) is 6.10 Å². The van der Waals surface area contributed by atoms with E-state index in [1.54, 1.807) is 22.7 Å². The van der Waals surface area contributed by atoms with Crippen molar-refractivity contribution < 1.29 is 5.11 Å². The fourth-order valence-corrected chi connectivity index (χ4v) is 5.38. The first-order valence-corrected chi connectivity index (χ1v) is 8.46. The molecule has 0 radical (unpaired) electrons. The van der Waals surface area contributed by atoms with Crippen LogP contribution < -0.4 is 0 Å². The molecule has 3 rings (SSSR count). The van der Waals surface area contributed by atoms with Gasteiger partial charge in [-0.25, -0.2) is 0 Å². The third kappa shape index (κ3) is 2.32. The van der Waals surface area contributed by atoms with Crippen molar-refractivity contribution in [3.05, 3.63) is 43.3 Å². The van der Waals surface area contributed by atoms with Crippen molar-refractivity contribution in [2.75, 3.05) is 5.75 Å². The second-order valence-corrected chi connectivity index (χ2v) is 7.84. The van der Waals surface area contributed by atoms with E-state index in [4.69, 9.17) is 0 Å². The van der Waals surface area contributed by atoms with Crippen LogP contribution >= 0.6 is 34.4 Å². The van der Waals surface area contributed by atoms with E-state index in [9.17, 15) is 5.11 Å². The zero-order valence-electron chi connectivity index (χ0n) is 9.60. The minimum absolute atomic E-state index is 0.422. The summed E-state index contributed by atoms with van der Waals surface area (Å²) in [4.78, 5) is 4.91. The molecule has 0 fully saturated rings. The van der Waals surface area contributed by atoms with Gasteiger partial charge in [-0.15, -0.1) is 22.7 Å². The van der Waals surface area contributed by atoms with E-state index in [0.29, 0.717) is 0 Å². The molecule has 1 atom stereocenters. The highest BCUT2D eigenvalue weighted by atomic mass is 32.2. The summed E-state index contributed by atoms with van der Waals surface area (Å²) in [7, 11) is 0. The third-order valence-electron chi connectivity index (χ3n) is 2.95. The van der Waals surface area contributed by atoms with Gasteiger partial charge in [-0.3, -0.25) is 0 Å². The Kier molecular flexibility index (Phi) is 3.30. The maximum Gasteiger partial charge on any atom is 0.122 e. The summed E-state index contributed by atoms with van der Waals surface area (Å²) in [5.41, 5.74) is 1.44. The van der Waals surface area contributed by atoms with E-state index >= 15 is 0 Å². The molecule has 0 saturated carbocycles. The number of rotatable bonds is 2. The monoisotopic (exact) mass is 282 g/mol. The van der Waals surface area contributed by atoms with E-state index in [1.807, 2.05) is 17.8 Å². The van der Waals surface area contributed by atoms with E-state index in [-0.39, 0.29) is 0 Å². The summed E-state index contributed by atoms with van der Waals surface area (Å²) in [6, 6.07) is 6.32. The lowest BCUT2D eigenvalue weighted by molar-refractivity contribution is 0.228. The molecule has 1 unspecified atom stereocenters. The van der Waals surface area contributed by atoms with Crippen LogP contribution in [-0.4, -0.2) is 10.9 Å². The average Bonchev–Trinajstić information content (AvgIpc) is 2.93. The first-order valence-electron chi connectivity index (χ1n) is 5.67. The summed E-state index contributed by atoms with van der Waals surface area (Å²) in [5, 5.41) is 10.4. The molecule has 1 nitrogen and oxygen atoms in total. The van der Waals surface area contributed by atoms with Gasteiger partial charge in [-0.2, -0.15) is 11.8 Å². The molecule has 0 amide bonds. The van der Waals surface area contributed by atoms with E-state index in [1.165, 1.54) is 27.5 Å². The molecule has 1 aliphatic heterocycles. The molecule has 90 valence electrons. The second-order valence-electron chi connectivity index (χ2n) is 4.25. The van der Waals surface area contributed by atoms with Crippen molar-refractivity contribution in [3.63, 3.8) is 0 Å². The van der Waals surface area contributed by atoms with Gasteiger partial charge in [0.05, 0.1) is 0 Å². The molecule has 1 N–H and O–H groups in total. The molecule has 0 saturated heterocycles. The van der Waals surface area contributed by atoms with Crippen LogP contribution in [-0.2, 0) is 12.2 Å². The smallest absolute Gasteiger partial charge is 0.122 e. The second kappa shape index (κ2) is 4.76. The molecular weight excluding hydrogens is 268 g/mol. The number of thiophene rings is 2. The quantitative estimate of drug-likeness (QED) is 0.899. The van der Waals surface area contributed by atoms with Gasteiger partial charge in [-0.05, 0) is 42.9 Å². The van der Waals surface area contributed by atoms with Crippen LogP contribution in [0.2, 0.25) is 0 Å².